The van der Waals surface area contributed by atoms with Gasteiger partial charge in [-0.3, -0.25) is 4.79 Å². The minimum absolute atomic E-state index is 0.00593. The Morgan fingerprint density at radius 3 is 1.48 bits per heavy atom. The molecule has 0 spiro atoms. The predicted molar refractivity (Wildman–Crippen MR) is 191 cm³/mol. The summed E-state index contributed by atoms with van der Waals surface area (Å²) < 4.78 is 8.47. The van der Waals surface area contributed by atoms with Crippen LogP contribution in [-0.4, -0.2) is 4.40 Å². The Labute approximate surface area is 263 Å². The maximum absolute atomic E-state index is 13.3. The highest BCUT2D eigenvalue weighted by Crippen LogP contribution is 2.42. The maximum atomic E-state index is 13.3. The van der Waals surface area contributed by atoms with Crippen molar-refractivity contribution in [2.75, 3.05) is 0 Å². The lowest BCUT2D eigenvalue weighted by molar-refractivity contribution is 0.660. The van der Waals surface area contributed by atoms with E-state index in [1.807, 2.05) is 42.5 Å². The highest BCUT2D eigenvalue weighted by atomic mass is 16.3. The summed E-state index contributed by atoms with van der Waals surface area (Å²) in [6.07, 6.45) is 0. The molecule has 3 heteroatoms. The Bertz CT molecular complexity index is 2810. The van der Waals surface area contributed by atoms with E-state index in [-0.39, 0.29) is 5.43 Å². The van der Waals surface area contributed by atoms with Crippen molar-refractivity contribution in [2.24, 2.45) is 0 Å². The van der Waals surface area contributed by atoms with Gasteiger partial charge in [0.1, 0.15) is 11.2 Å². The fourth-order valence-corrected chi connectivity index (χ4v) is 7.36. The van der Waals surface area contributed by atoms with E-state index in [0.29, 0.717) is 21.9 Å². The molecule has 0 bridgehead atoms. The second kappa shape index (κ2) is 9.40. The second-order valence-corrected chi connectivity index (χ2v) is 12.1. The van der Waals surface area contributed by atoms with E-state index in [1.165, 1.54) is 49.2 Å². The van der Waals surface area contributed by atoms with Crippen molar-refractivity contribution >= 4 is 60.0 Å². The molecule has 3 nitrogen and oxygen atoms in total. The van der Waals surface area contributed by atoms with E-state index in [2.05, 4.69) is 114 Å². The molecule has 0 unspecified atom stereocenters. The molecular weight excluding hydrogens is 562 g/mol. The van der Waals surface area contributed by atoms with Gasteiger partial charge in [-0.1, -0.05) is 91.0 Å². The molecule has 214 valence electrons. The first kappa shape index (κ1) is 25.2. The highest BCUT2D eigenvalue weighted by Gasteiger charge is 2.18. The third kappa shape index (κ3) is 3.57. The van der Waals surface area contributed by atoms with E-state index in [0.717, 1.165) is 22.3 Å². The van der Waals surface area contributed by atoms with E-state index in [1.54, 1.807) is 0 Å². The standard InChI is InChI=1S/C43H25NO2/c45-43-34-15-3-6-18-40(34)46-41-20-19-30(23-37(41)43)28-11-7-9-26(21-28)27-10-8-12-29(22-27)31-24-35-32-13-1-4-16-38(32)44-39-17-5-2-14-33(39)36(25-31)42(35)44/h1-25H. The lowest BCUT2D eigenvalue weighted by atomic mass is 9.94. The van der Waals surface area contributed by atoms with Crippen LogP contribution in [0, 0.1) is 0 Å². The third-order valence-electron chi connectivity index (χ3n) is 9.50. The van der Waals surface area contributed by atoms with Crippen LogP contribution < -0.4 is 5.43 Å². The van der Waals surface area contributed by atoms with Gasteiger partial charge in [-0.25, -0.2) is 0 Å². The van der Waals surface area contributed by atoms with E-state index in [4.69, 9.17) is 4.42 Å². The largest absolute Gasteiger partial charge is 0.456 e. The Balaban J connectivity index is 1.11. The Hall–Kier alpha value is -6.19. The van der Waals surface area contributed by atoms with Crippen molar-refractivity contribution in [1.29, 1.82) is 0 Å². The minimum atomic E-state index is -0.00593. The molecule has 0 aliphatic rings. The normalized spacial score (nSPS) is 12.0. The first-order chi connectivity index (χ1) is 22.7. The zero-order valence-corrected chi connectivity index (χ0v) is 24.7. The van der Waals surface area contributed by atoms with E-state index < -0.39 is 0 Å². The molecule has 46 heavy (non-hydrogen) atoms. The SMILES string of the molecule is O=c1c2ccccc2oc2ccc(-c3cccc(-c4cccc(-c5cc6c7ccccc7n7c8ccccc8c(c5)c67)c4)c3)cc12. The molecule has 7 aromatic carbocycles. The average molecular weight is 588 g/mol. The van der Waals surface area contributed by atoms with Crippen molar-refractivity contribution in [3.8, 4) is 33.4 Å². The average Bonchev–Trinajstić information content (AvgIpc) is 3.64. The van der Waals surface area contributed by atoms with Crippen molar-refractivity contribution < 1.29 is 4.42 Å². The van der Waals surface area contributed by atoms with Crippen LogP contribution >= 0.6 is 0 Å². The maximum Gasteiger partial charge on any atom is 0.200 e. The van der Waals surface area contributed by atoms with Gasteiger partial charge in [0.2, 0.25) is 5.43 Å². The fourth-order valence-electron chi connectivity index (χ4n) is 7.36. The van der Waals surface area contributed by atoms with Crippen LogP contribution in [0.5, 0.6) is 0 Å². The van der Waals surface area contributed by atoms with Crippen LogP contribution in [0.1, 0.15) is 0 Å². The molecule has 10 rings (SSSR count). The fraction of sp³-hybridized carbons (Fsp3) is 0. The number of nitrogens with zero attached hydrogens (tertiary/aromatic N) is 1. The van der Waals surface area contributed by atoms with Crippen LogP contribution in [-0.2, 0) is 0 Å². The molecule has 0 fully saturated rings. The van der Waals surface area contributed by atoms with Gasteiger partial charge in [0.05, 0.1) is 27.3 Å². The molecule has 0 saturated heterocycles. The first-order valence-electron chi connectivity index (χ1n) is 15.6. The number of rotatable bonds is 3. The van der Waals surface area contributed by atoms with Gasteiger partial charge in [0.25, 0.3) is 0 Å². The molecule has 3 heterocycles. The molecule has 0 amide bonds. The highest BCUT2D eigenvalue weighted by molar-refractivity contribution is 6.24. The number of aromatic nitrogens is 1. The number of hydrogen-bond donors (Lipinski definition) is 0. The monoisotopic (exact) mass is 587 g/mol. The molecule has 0 radical (unpaired) electrons. The Kier molecular flexibility index (Phi) is 5.15. The number of hydrogen-bond acceptors (Lipinski definition) is 2. The summed E-state index contributed by atoms with van der Waals surface area (Å²) in [4.78, 5) is 13.3. The minimum Gasteiger partial charge on any atom is -0.456 e. The first-order valence-corrected chi connectivity index (χ1v) is 15.6. The van der Waals surface area contributed by atoms with Crippen LogP contribution in [0.25, 0.3) is 93.4 Å². The van der Waals surface area contributed by atoms with Crippen molar-refractivity contribution in [1.82, 2.24) is 4.40 Å². The molecule has 0 saturated carbocycles. The molecule has 3 aromatic heterocycles. The second-order valence-electron chi connectivity index (χ2n) is 12.1. The van der Waals surface area contributed by atoms with Crippen molar-refractivity contribution in [2.45, 2.75) is 0 Å². The van der Waals surface area contributed by atoms with Crippen LogP contribution in [0.2, 0.25) is 0 Å². The van der Waals surface area contributed by atoms with Gasteiger partial charge < -0.3 is 8.82 Å². The summed E-state index contributed by atoms with van der Waals surface area (Å²) in [6.45, 7) is 0. The summed E-state index contributed by atoms with van der Waals surface area (Å²) in [6, 6.07) is 52.8. The van der Waals surface area contributed by atoms with Crippen LogP contribution in [0.3, 0.4) is 0 Å². The Morgan fingerprint density at radius 1 is 0.370 bits per heavy atom. The topological polar surface area (TPSA) is 34.6 Å². The van der Waals surface area contributed by atoms with Gasteiger partial charge in [-0.05, 0) is 94.0 Å². The van der Waals surface area contributed by atoms with Crippen molar-refractivity contribution in [3.63, 3.8) is 0 Å². The zero-order chi connectivity index (χ0) is 30.4. The lowest BCUT2D eigenvalue weighted by Gasteiger charge is -2.10. The molecule has 0 atom stereocenters. The number of benzene rings is 7. The van der Waals surface area contributed by atoms with Gasteiger partial charge in [0.15, 0.2) is 0 Å². The van der Waals surface area contributed by atoms with Gasteiger partial charge >= 0.3 is 0 Å². The zero-order valence-electron chi connectivity index (χ0n) is 24.7. The molecular formula is C43H25NO2. The lowest BCUT2D eigenvalue weighted by Crippen LogP contribution is -2.01. The molecule has 0 aliphatic carbocycles. The summed E-state index contributed by atoms with van der Waals surface area (Å²) in [5, 5.41) is 6.30. The summed E-state index contributed by atoms with van der Waals surface area (Å²) >= 11 is 0. The molecule has 0 N–H and O–H groups in total. The quantitative estimate of drug-likeness (QED) is 0.193. The number of fused-ring (bicyclic) bond motifs is 8. The molecule has 10 aromatic rings. The van der Waals surface area contributed by atoms with Gasteiger partial charge in [-0.2, -0.15) is 0 Å². The summed E-state index contributed by atoms with van der Waals surface area (Å²) in [7, 11) is 0. The summed E-state index contributed by atoms with van der Waals surface area (Å²) in [5.74, 6) is 0. The smallest absolute Gasteiger partial charge is 0.200 e. The Morgan fingerprint density at radius 2 is 0.848 bits per heavy atom. The predicted octanol–water partition coefficient (Wildman–Crippen LogP) is 11.1. The molecule has 0 aliphatic heterocycles. The summed E-state index contributed by atoms with van der Waals surface area (Å²) in [5.41, 5.74) is 11.7. The number of para-hydroxylation sites is 3. The van der Waals surface area contributed by atoms with Crippen LogP contribution in [0.15, 0.2) is 161 Å². The van der Waals surface area contributed by atoms with Gasteiger partial charge in [0, 0.05) is 21.5 Å². The van der Waals surface area contributed by atoms with E-state index in [9.17, 15) is 4.79 Å². The van der Waals surface area contributed by atoms with E-state index >= 15 is 0 Å². The third-order valence-corrected chi connectivity index (χ3v) is 9.50. The van der Waals surface area contributed by atoms with Crippen molar-refractivity contribution in [3.05, 3.63) is 162 Å². The van der Waals surface area contributed by atoms with Crippen LogP contribution in [0.4, 0.5) is 0 Å². The van der Waals surface area contributed by atoms with Gasteiger partial charge in [-0.15, -0.1) is 0 Å².